The molecule has 0 aliphatic carbocycles. The molecule has 0 saturated carbocycles. The van der Waals surface area contributed by atoms with Crippen molar-refractivity contribution in [3.05, 3.63) is 11.1 Å². The minimum atomic E-state index is -0.752. The number of carbonyl (C=O) groups is 1. The van der Waals surface area contributed by atoms with E-state index in [1.54, 1.807) is 6.92 Å². The second-order valence-corrected chi connectivity index (χ2v) is 3.28. The van der Waals surface area contributed by atoms with Crippen LogP contribution >= 0.6 is 11.5 Å². The van der Waals surface area contributed by atoms with Crippen LogP contribution < -0.4 is 0 Å². The van der Waals surface area contributed by atoms with E-state index in [4.69, 9.17) is 5.11 Å². The van der Waals surface area contributed by atoms with Gasteiger partial charge in [-0.15, -0.1) is 5.10 Å². The van der Waals surface area contributed by atoms with Gasteiger partial charge in [-0.2, -0.15) is 0 Å². The lowest BCUT2D eigenvalue weighted by molar-refractivity contribution is -0.141. The van der Waals surface area contributed by atoms with E-state index in [0.717, 1.165) is 5.69 Å². The number of aromatic nitrogens is 2. The standard InChI is InChI=1S/C7H10N2O2S/c1-5(7(10)11)2-3-6-4-12-9-8-6/h4-5H,2-3H2,1H3,(H,10,11). The topological polar surface area (TPSA) is 63.1 Å². The lowest BCUT2D eigenvalue weighted by Crippen LogP contribution is -2.10. The van der Waals surface area contributed by atoms with Crippen molar-refractivity contribution in [1.82, 2.24) is 9.59 Å². The molecule has 0 aliphatic heterocycles. The van der Waals surface area contributed by atoms with Gasteiger partial charge in [0.05, 0.1) is 11.6 Å². The van der Waals surface area contributed by atoms with E-state index < -0.39 is 5.97 Å². The van der Waals surface area contributed by atoms with Crippen molar-refractivity contribution in [2.45, 2.75) is 19.8 Å². The minimum absolute atomic E-state index is 0.299. The fourth-order valence-corrected chi connectivity index (χ4v) is 1.27. The van der Waals surface area contributed by atoms with Crippen molar-refractivity contribution >= 4 is 17.5 Å². The number of hydrogen-bond acceptors (Lipinski definition) is 4. The Bertz CT molecular complexity index is 248. The predicted octanol–water partition coefficient (Wildman–Crippen LogP) is 1.19. The van der Waals surface area contributed by atoms with Crippen molar-refractivity contribution in [2.75, 3.05) is 0 Å². The summed E-state index contributed by atoms with van der Waals surface area (Å²) in [6.45, 7) is 1.70. The largest absolute Gasteiger partial charge is 0.481 e. The Morgan fingerprint density at radius 3 is 3.08 bits per heavy atom. The molecular formula is C7H10N2O2S. The maximum Gasteiger partial charge on any atom is 0.306 e. The number of aliphatic carboxylic acids is 1. The summed E-state index contributed by atoms with van der Waals surface area (Å²) in [6, 6.07) is 0. The van der Waals surface area contributed by atoms with Crippen LogP contribution in [0.15, 0.2) is 5.38 Å². The Labute approximate surface area is 74.4 Å². The Kier molecular flexibility index (Phi) is 3.16. The highest BCUT2D eigenvalue weighted by atomic mass is 32.1. The first kappa shape index (κ1) is 9.12. The first-order valence-corrected chi connectivity index (χ1v) is 4.52. The Morgan fingerprint density at radius 2 is 2.58 bits per heavy atom. The average Bonchev–Trinajstić information content (AvgIpc) is 2.51. The van der Waals surface area contributed by atoms with Gasteiger partial charge in [0.15, 0.2) is 0 Å². The molecule has 0 bridgehead atoms. The molecule has 0 saturated heterocycles. The van der Waals surface area contributed by atoms with Crippen LogP contribution in [0.1, 0.15) is 19.0 Å². The maximum atomic E-state index is 10.4. The van der Waals surface area contributed by atoms with E-state index in [9.17, 15) is 4.79 Å². The molecule has 1 heterocycles. The van der Waals surface area contributed by atoms with E-state index in [-0.39, 0.29) is 5.92 Å². The lowest BCUT2D eigenvalue weighted by Gasteiger charge is -2.02. The second-order valence-electron chi connectivity index (χ2n) is 2.67. The molecule has 1 aromatic rings. The molecule has 0 amide bonds. The van der Waals surface area contributed by atoms with Gasteiger partial charge in [0.2, 0.25) is 0 Å². The number of carboxylic acids is 1. The number of aryl methyl sites for hydroxylation is 1. The van der Waals surface area contributed by atoms with Gasteiger partial charge in [-0.1, -0.05) is 11.4 Å². The molecule has 1 unspecified atom stereocenters. The molecule has 1 atom stereocenters. The summed E-state index contributed by atoms with van der Waals surface area (Å²) in [4.78, 5) is 10.4. The van der Waals surface area contributed by atoms with Crippen molar-refractivity contribution in [1.29, 1.82) is 0 Å². The molecule has 1 rings (SSSR count). The SMILES string of the molecule is CC(CCc1csnn1)C(=O)O. The molecule has 1 aromatic heterocycles. The summed E-state index contributed by atoms with van der Waals surface area (Å²) in [5.74, 6) is -1.05. The zero-order valence-corrected chi connectivity index (χ0v) is 7.54. The van der Waals surface area contributed by atoms with Crippen LogP contribution in [-0.2, 0) is 11.2 Å². The third-order valence-electron chi connectivity index (χ3n) is 1.66. The summed E-state index contributed by atoms with van der Waals surface area (Å²) in [7, 11) is 0. The van der Waals surface area contributed by atoms with Gasteiger partial charge in [-0.05, 0) is 24.4 Å². The van der Waals surface area contributed by atoms with E-state index in [1.807, 2.05) is 5.38 Å². The number of hydrogen-bond donors (Lipinski definition) is 1. The molecule has 0 spiro atoms. The molecular weight excluding hydrogens is 176 g/mol. The van der Waals surface area contributed by atoms with Gasteiger partial charge in [0.1, 0.15) is 0 Å². The van der Waals surface area contributed by atoms with E-state index >= 15 is 0 Å². The van der Waals surface area contributed by atoms with Crippen LogP contribution in [0.4, 0.5) is 0 Å². The van der Waals surface area contributed by atoms with Crippen molar-refractivity contribution < 1.29 is 9.90 Å². The third kappa shape index (κ3) is 2.58. The Balaban J connectivity index is 2.31. The molecule has 1 N–H and O–H groups in total. The highest BCUT2D eigenvalue weighted by Crippen LogP contribution is 2.08. The average molecular weight is 186 g/mol. The smallest absolute Gasteiger partial charge is 0.306 e. The quantitative estimate of drug-likeness (QED) is 0.767. The fourth-order valence-electron chi connectivity index (χ4n) is 0.781. The molecule has 0 aromatic carbocycles. The lowest BCUT2D eigenvalue weighted by atomic mass is 10.1. The van der Waals surface area contributed by atoms with Crippen LogP contribution in [0.5, 0.6) is 0 Å². The van der Waals surface area contributed by atoms with Crippen molar-refractivity contribution in [3.8, 4) is 0 Å². The second kappa shape index (κ2) is 4.15. The number of rotatable bonds is 4. The first-order chi connectivity index (χ1) is 5.70. The van der Waals surface area contributed by atoms with Gasteiger partial charge in [-0.3, -0.25) is 4.79 Å². The van der Waals surface area contributed by atoms with E-state index in [1.165, 1.54) is 11.5 Å². The zero-order valence-electron chi connectivity index (χ0n) is 6.73. The van der Waals surface area contributed by atoms with Crippen LogP contribution in [-0.4, -0.2) is 20.7 Å². The summed E-state index contributed by atoms with van der Waals surface area (Å²) in [6.07, 6.45) is 1.32. The van der Waals surface area contributed by atoms with Gasteiger partial charge in [0, 0.05) is 5.38 Å². The molecule has 0 fully saturated rings. The number of carboxylic acid groups (broad SMARTS) is 1. The van der Waals surface area contributed by atoms with Crippen molar-refractivity contribution in [2.24, 2.45) is 5.92 Å². The fraction of sp³-hybridized carbons (Fsp3) is 0.571. The molecule has 12 heavy (non-hydrogen) atoms. The molecule has 4 nitrogen and oxygen atoms in total. The van der Waals surface area contributed by atoms with Gasteiger partial charge in [0.25, 0.3) is 0 Å². The molecule has 0 aliphatic rings. The minimum Gasteiger partial charge on any atom is -0.481 e. The predicted molar refractivity (Wildman–Crippen MR) is 45.0 cm³/mol. The summed E-state index contributed by atoms with van der Waals surface area (Å²) in [5, 5.41) is 14.2. The van der Waals surface area contributed by atoms with Gasteiger partial charge >= 0.3 is 5.97 Å². The van der Waals surface area contributed by atoms with Crippen LogP contribution in [0.25, 0.3) is 0 Å². The maximum absolute atomic E-state index is 10.4. The molecule has 5 heteroatoms. The summed E-state index contributed by atoms with van der Waals surface area (Å²) in [5.41, 5.74) is 0.883. The van der Waals surface area contributed by atoms with E-state index in [2.05, 4.69) is 9.59 Å². The Hall–Kier alpha value is -0.970. The van der Waals surface area contributed by atoms with Gasteiger partial charge < -0.3 is 5.11 Å². The first-order valence-electron chi connectivity index (χ1n) is 3.69. The normalized spacial score (nSPS) is 12.8. The van der Waals surface area contributed by atoms with Crippen LogP contribution in [0, 0.1) is 5.92 Å². The third-order valence-corrected chi connectivity index (χ3v) is 2.21. The number of nitrogens with zero attached hydrogens (tertiary/aromatic N) is 2. The highest BCUT2D eigenvalue weighted by Gasteiger charge is 2.10. The highest BCUT2D eigenvalue weighted by molar-refractivity contribution is 7.03. The molecule has 66 valence electrons. The Morgan fingerprint density at radius 1 is 1.83 bits per heavy atom. The summed E-state index contributed by atoms with van der Waals surface area (Å²) >= 11 is 1.29. The van der Waals surface area contributed by atoms with Crippen molar-refractivity contribution in [3.63, 3.8) is 0 Å². The zero-order chi connectivity index (χ0) is 8.97. The molecule has 0 radical (unpaired) electrons. The van der Waals surface area contributed by atoms with Gasteiger partial charge in [-0.25, -0.2) is 0 Å². The van der Waals surface area contributed by atoms with Crippen LogP contribution in [0.2, 0.25) is 0 Å². The van der Waals surface area contributed by atoms with E-state index in [0.29, 0.717) is 12.8 Å². The summed E-state index contributed by atoms with van der Waals surface area (Å²) < 4.78 is 3.69. The monoisotopic (exact) mass is 186 g/mol. The van der Waals surface area contributed by atoms with Crippen LogP contribution in [0.3, 0.4) is 0 Å².